The number of nitrogens with zero attached hydrogens (tertiary/aromatic N) is 3. The molecule has 3 aromatic rings. The number of carbonyl (C=O) groups excluding carboxylic acids is 1. The standard InChI is InChI=1S/C24H25ClN4O2/c1-17-9-10-20(14-21(17)25)29-23(30)12-11-22(27-29)28-13-5-8-19(16-28)24(31)26-15-18-6-3-2-4-7-18/h2-4,6-7,9-12,14,19H,5,8,13,15-16H2,1H3,(H,26,31)/t19-/m0/s1. The molecule has 1 N–H and O–H groups in total. The van der Waals surface area contributed by atoms with Crippen LogP contribution in [0.25, 0.3) is 5.69 Å². The van der Waals surface area contributed by atoms with Gasteiger partial charge in [-0.1, -0.05) is 48.0 Å². The van der Waals surface area contributed by atoms with Gasteiger partial charge < -0.3 is 10.2 Å². The smallest absolute Gasteiger partial charge is 0.271 e. The molecule has 31 heavy (non-hydrogen) atoms. The molecular formula is C24H25ClN4O2. The molecule has 0 unspecified atom stereocenters. The minimum absolute atomic E-state index is 0.0483. The van der Waals surface area contributed by atoms with Crippen LogP contribution in [0.15, 0.2) is 65.5 Å². The van der Waals surface area contributed by atoms with Crippen LogP contribution in [0, 0.1) is 12.8 Å². The Morgan fingerprint density at radius 3 is 2.74 bits per heavy atom. The van der Waals surface area contributed by atoms with Gasteiger partial charge in [-0.2, -0.15) is 4.68 Å². The van der Waals surface area contributed by atoms with Crippen LogP contribution in [0.5, 0.6) is 0 Å². The first-order valence-corrected chi connectivity index (χ1v) is 10.8. The van der Waals surface area contributed by atoms with Gasteiger partial charge in [0.2, 0.25) is 5.91 Å². The van der Waals surface area contributed by atoms with Crippen LogP contribution in [0.3, 0.4) is 0 Å². The highest BCUT2D eigenvalue weighted by molar-refractivity contribution is 6.31. The van der Waals surface area contributed by atoms with E-state index in [-0.39, 0.29) is 17.4 Å². The number of halogens is 1. The van der Waals surface area contributed by atoms with E-state index in [1.165, 1.54) is 10.7 Å². The van der Waals surface area contributed by atoms with Gasteiger partial charge >= 0.3 is 0 Å². The van der Waals surface area contributed by atoms with Gasteiger partial charge in [-0.05, 0) is 49.1 Å². The summed E-state index contributed by atoms with van der Waals surface area (Å²) in [6.45, 7) is 3.80. The minimum atomic E-state index is -0.224. The summed E-state index contributed by atoms with van der Waals surface area (Å²) in [6, 6.07) is 18.6. The summed E-state index contributed by atoms with van der Waals surface area (Å²) in [4.78, 5) is 27.2. The molecule has 2 aromatic carbocycles. The SMILES string of the molecule is Cc1ccc(-n2nc(N3CCC[C@H](C(=O)NCc4ccccc4)C3)ccc2=O)cc1Cl. The Kier molecular flexibility index (Phi) is 6.37. The van der Waals surface area contributed by atoms with Crippen molar-refractivity contribution < 1.29 is 4.79 Å². The molecule has 0 saturated carbocycles. The summed E-state index contributed by atoms with van der Waals surface area (Å²) >= 11 is 6.23. The molecule has 1 atom stereocenters. The molecule has 6 nitrogen and oxygen atoms in total. The fraction of sp³-hybridized carbons (Fsp3) is 0.292. The van der Waals surface area contributed by atoms with Crippen molar-refractivity contribution in [2.45, 2.75) is 26.3 Å². The number of aryl methyl sites for hydroxylation is 1. The molecule has 0 spiro atoms. The maximum atomic E-state index is 12.7. The Bertz CT molecular complexity index is 1130. The third-order valence-electron chi connectivity index (χ3n) is 5.61. The van der Waals surface area contributed by atoms with Gasteiger partial charge in [-0.25, -0.2) is 0 Å². The molecular weight excluding hydrogens is 412 g/mol. The average Bonchev–Trinajstić information content (AvgIpc) is 2.80. The molecule has 0 bridgehead atoms. The summed E-state index contributed by atoms with van der Waals surface area (Å²) < 4.78 is 1.36. The lowest BCUT2D eigenvalue weighted by atomic mass is 9.97. The van der Waals surface area contributed by atoms with Crippen molar-refractivity contribution in [2.24, 2.45) is 5.92 Å². The maximum Gasteiger partial charge on any atom is 0.271 e. The van der Waals surface area contributed by atoms with Crippen molar-refractivity contribution in [1.82, 2.24) is 15.1 Å². The van der Waals surface area contributed by atoms with E-state index in [9.17, 15) is 9.59 Å². The second-order valence-electron chi connectivity index (χ2n) is 7.86. The lowest BCUT2D eigenvalue weighted by molar-refractivity contribution is -0.125. The van der Waals surface area contributed by atoms with Gasteiger partial charge in [0.15, 0.2) is 0 Å². The van der Waals surface area contributed by atoms with Gasteiger partial charge in [0.1, 0.15) is 5.82 Å². The normalized spacial score (nSPS) is 16.2. The van der Waals surface area contributed by atoms with Crippen LogP contribution in [-0.4, -0.2) is 28.8 Å². The summed E-state index contributed by atoms with van der Waals surface area (Å²) in [5.74, 6) is 0.609. The molecule has 1 amide bonds. The van der Waals surface area contributed by atoms with Crippen LogP contribution in [-0.2, 0) is 11.3 Å². The third kappa shape index (κ3) is 4.97. The Labute approximate surface area is 186 Å². The summed E-state index contributed by atoms with van der Waals surface area (Å²) in [7, 11) is 0. The average molecular weight is 437 g/mol. The zero-order chi connectivity index (χ0) is 21.8. The second kappa shape index (κ2) is 9.35. The van der Waals surface area contributed by atoms with E-state index in [2.05, 4.69) is 15.3 Å². The summed E-state index contributed by atoms with van der Waals surface area (Å²) in [6.07, 6.45) is 1.73. The topological polar surface area (TPSA) is 67.2 Å². The number of nitrogens with one attached hydrogen (secondary N) is 1. The highest BCUT2D eigenvalue weighted by Crippen LogP contribution is 2.23. The highest BCUT2D eigenvalue weighted by Gasteiger charge is 2.26. The lowest BCUT2D eigenvalue weighted by Gasteiger charge is -2.33. The number of aromatic nitrogens is 2. The lowest BCUT2D eigenvalue weighted by Crippen LogP contribution is -2.43. The number of benzene rings is 2. The third-order valence-corrected chi connectivity index (χ3v) is 6.02. The van der Waals surface area contributed by atoms with Crippen molar-refractivity contribution in [3.63, 3.8) is 0 Å². The van der Waals surface area contributed by atoms with Gasteiger partial charge in [0, 0.05) is 30.7 Å². The van der Waals surface area contributed by atoms with Gasteiger partial charge in [0.05, 0.1) is 11.6 Å². The quantitative estimate of drug-likeness (QED) is 0.661. The zero-order valence-corrected chi connectivity index (χ0v) is 18.2. The van der Waals surface area contributed by atoms with Crippen LogP contribution in [0.1, 0.15) is 24.0 Å². The van der Waals surface area contributed by atoms with Crippen LogP contribution in [0.2, 0.25) is 5.02 Å². The minimum Gasteiger partial charge on any atom is -0.354 e. The number of hydrogen-bond acceptors (Lipinski definition) is 4. The Morgan fingerprint density at radius 2 is 1.97 bits per heavy atom. The van der Waals surface area contributed by atoms with E-state index in [0.29, 0.717) is 29.6 Å². The van der Waals surface area contributed by atoms with Crippen LogP contribution >= 0.6 is 11.6 Å². The monoisotopic (exact) mass is 436 g/mol. The number of carbonyl (C=O) groups is 1. The Balaban J connectivity index is 1.48. The van der Waals surface area contributed by atoms with E-state index >= 15 is 0 Å². The molecule has 0 aliphatic carbocycles. The van der Waals surface area contributed by atoms with E-state index in [4.69, 9.17) is 11.6 Å². The first-order valence-electron chi connectivity index (χ1n) is 10.4. The molecule has 160 valence electrons. The molecule has 4 rings (SSSR count). The molecule has 1 aliphatic heterocycles. The van der Waals surface area contributed by atoms with Crippen molar-refractivity contribution in [3.05, 3.63) is 87.2 Å². The summed E-state index contributed by atoms with van der Waals surface area (Å²) in [5, 5.41) is 8.19. The number of hydrogen-bond donors (Lipinski definition) is 1. The molecule has 1 aliphatic rings. The predicted octanol–water partition coefficient (Wildman–Crippen LogP) is 3.73. The molecule has 0 radical (unpaired) electrons. The molecule has 7 heteroatoms. The van der Waals surface area contributed by atoms with Crippen molar-refractivity contribution in [1.29, 1.82) is 0 Å². The molecule has 1 aromatic heterocycles. The van der Waals surface area contributed by atoms with E-state index in [1.807, 2.05) is 49.4 Å². The van der Waals surface area contributed by atoms with Crippen LogP contribution in [0.4, 0.5) is 5.82 Å². The van der Waals surface area contributed by atoms with Crippen LogP contribution < -0.4 is 15.8 Å². The first-order chi connectivity index (χ1) is 15.0. The number of anilines is 1. The molecule has 1 saturated heterocycles. The number of amides is 1. The zero-order valence-electron chi connectivity index (χ0n) is 17.4. The Hall–Kier alpha value is -3.12. The molecule has 1 fully saturated rings. The van der Waals surface area contributed by atoms with Gasteiger partial charge in [-0.3, -0.25) is 9.59 Å². The van der Waals surface area contributed by atoms with Crippen molar-refractivity contribution in [2.75, 3.05) is 18.0 Å². The summed E-state index contributed by atoms with van der Waals surface area (Å²) in [5.41, 5.74) is 2.42. The first kappa shape index (κ1) is 21.1. The second-order valence-corrected chi connectivity index (χ2v) is 8.27. The van der Waals surface area contributed by atoms with Gasteiger partial charge in [-0.15, -0.1) is 5.10 Å². The predicted molar refractivity (Wildman–Crippen MR) is 123 cm³/mol. The van der Waals surface area contributed by atoms with Crippen molar-refractivity contribution >= 4 is 23.3 Å². The van der Waals surface area contributed by atoms with Gasteiger partial charge in [0.25, 0.3) is 5.56 Å². The molecule has 2 heterocycles. The highest BCUT2D eigenvalue weighted by atomic mass is 35.5. The van der Waals surface area contributed by atoms with Crippen molar-refractivity contribution in [3.8, 4) is 5.69 Å². The maximum absolute atomic E-state index is 12.7. The number of rotatable bonds is 5. The largest absolute Gasteiger partial charge is 0.354 e. The number of piperidine rings is 1. The van der Waals surface area contributed by atoms with E-state index in [1.54, 1.807) is 12.1 Å². The Morgan fingerprint density at radius 1 is 1.16 bits per heavy atom. The van der Waals surface area contributed by atoms with E-state index < -0.39 is 0 Å². The fourth-order valence-corrected chi connectivity index (χ4v) is 3.97. The van der Waals surface area contributed by atoms with E-state index in [0.717, 1.165) is 30.5 Å². The fourth-order valence-electron chi connectivity index (χ4n) is 3.80.